The number of pyridine rings is 1. The van der Waals surface area contributed by atoms with E-state index < -0.39 is 38.1 Å². The number of amides is 1. The van der Waals surface area contributed by atoms with Crippen molar-refractivity contribution in [3.63, 3.8) is 0 Å². The third-order valence-corrected chi connectivity index (χ3v) is 8.56. The van der Waals surface area contributed by atoms with Crippen LogP contribution in [-0.4, -0.2) is 38.0 Å². The largest absolute Gasteiger partial charge is 0.493 e. The summed E-state index contributed by atoms with van der Waals surface area (Å²) in [5.74, 6) is -1.83. The number of nitrogens with one attached hydrogen (secondary N) is 1. The van der Waals surface area contributed by atoms with Crippen LogP contribution in [0, 0.1) is 23.5 Å². The molecule has 0 bridgehead atoms. The van der Waals surface area contributed by atoms with Gasteiger partial charge in [-0.25, -0.2) is 18.5 Å². The van der Waals surface area contributed by atoms with Gasteiger partial charge in [-0.3, -0.25) is 4.79 Å². The molecule has 214 valence electrons. The summed E-state index contributed by atoms with van der Waals surface area (Å²) >= 11 is 0. The van der Waals surface area contributed by atoms with E-state index in [0.29, 0.717) is 13.2 Å². The first-order valence-corrected chi connectivity index (χ1v) is 14.5. The van der Waals surface area contributed by atoms with E-state index >= 15 is 4.39 Å². The number of halogens is 2. The van der Waals surface area contributed by atoms with Crippen LogP contribution in [0.2, 0.25) is 0 Å². The van der Waals surface area contributed by atoms with Gasteiger partial charge >= 0.3 is 0 Å². The minimum absolute atomic E-state index is 0.0361. The van der Waals surface area contributed by atoms with E-state index in [1.807, 2.05) is 39.3 Å². The molecule has 2 heterocycles. The summed E-state index contributed by atoms with van der Waals surface area (Å²) in [6.45, 7) is 10.6. The number of sulfonamides is 1. The number of ether oxygens (including phenoxy) is 1. The molecule has 0 aliphatic carbocycles. The lowest BCUT2D eigenvalue weighted by Gasteiger charge is -2.38. The Balaban J connectivity index is 1.82. The molecule has 8 nitrogen and oxygen atoms in total. The van der Waals surface area contributed by atoms with Crippen molar-refractivity contribution < 1.29 is 26.7 Å². The Morgan fingerprint density at radius 2 is 1.93 bits per heavy atom. The highest BCUT2D eigenvalue weighted by Crippen LogP contribution is 2.43. The molecule has 3 aromatic rings. The van der Waals surface area contributed by atoms with E-state index in [0.717, 1.165) is 6.42 Å². The summed E-state index contributed by atoms with van der Waals surface area (Å²) in [4.78, 5) is 19.0. The zero-order valence-corrected chi connectivity index (χ0v) is 24.0. The van der Waals surface area contributed by atoms with Crippen LogP contribution in [0.5, 0.6) is 5.75 Å². The van der Waals surface area contributed by atoms with Crippen LogP contribution < -0.4 is 20.1 Å². The summed E-state index contributed by atoms with van der Waals surface area (Å²) in [5.41, 5.74) is 5.10. The van der Waals surface area contributed by atoms with Crippen LogP contribution in [0.4, 0.5) is 20.3 Å². The minimum Gasteiger partial charge on any atom is -0.493 e. The monoisotopic (exact) mass is 572 g/mol. The van der Waals surface area contributed by atoms with Gasteiger partial charge in [0, 0.05) is 23.7 Å². The lowest BCUT2D eigenvalue weighted by molar-refractivity contribution is 0.0981. The smallest absolute Gasteiger partial charge is 0.281 e. The highest BCUT2D eigenvalue weighted by Gasteiger charge is 2.42. The maximum absolute atomic E-state index is 16.5. The van der Waals surface area contributed by atoms with Crippen molar-refractivity contribution in [1.29, 1.82) is 0 Å². The molecule has 4 rings (SSSR count). The van der Waals surface area contributed by atoms with Crippen LogP contribution in [0.15, 0.2) is 53.6 Å². The standard InChI is InChI=1S/C29H34F2N4O4S/c1-17(2)16-39-21-14-19(13-20(30)15-21)22-9-10-23(27(26(22)31)35-12-11-18(3)29(35,4)5)28(36)34-40(37,38)25-8-6-7-24(32)33-25/h6-10,13-15,17-18H,11-12,16H2,1-5H3,(H2,32,33)(H,34,36). The Morgan fingerprint density at radius 3 is 2.55 bits per heavy atom. The van der Waals surface area contributed by atoms with Gasteiger partial charge in [-0.1, -0.05) is 32.9 Å². The van der Waals surface area contributed by atoms with E-state index in [-0.39, 0.29) is 45.8 Å². The highest BCUT2D eigenvalue weighted by atomic mass is 32.2. The summed E-state index contributed by atoms with van der Waals surface area (Å²) in [5, 5.41) is -0.441. The summed E-state index contributed by atoms with van der Waals surface area (Å²) < 4.78 is 64.6. The Kier molecular flexibility index (Phi) is 8.07. The highest BCUT2D eigenvalue weighted by molar-refractivity contribution is 7.90. The molecule has 1 saturated heterocycles. The van der Waals surface area contributed by atoms with Gasteiger partial charge in [0.25, 0.3) is 15.9 Å². The van der Waals surface area contributed by atoms with E-state index in [2.05, 4.69) is 4.98 Å². The first kappa shape index (κ1) is 29.3. The molecule has 1 aliphatic heterocycles. The second-order valence-corrected chi connectivity index (χ2v) is 12.7. The fraction of sp³-hybridized carbons (Fsp3) is 0.379. The van der Waals surface area contributed by atoms with E-state index in [9.17, 15) is 17.6 Å². The molecule has 0 saturated carbocycles. The van der Waals surface area contributed by atoms with Gasteiger partial charge in [0.15, 0.2) is 10.8 Å². The fourth-order valence-corrected chi connectivity index (χ4v) is 5.68. The quantitative estimate of drug-likeness (QED) is 0.372. The van der Waals surface area contributed by atoms with Gasteiger partial charge in [0.2, 0.25) is 0 Å². The predicted molar refractivity (Wildman–Crippen MR) is 151 cm³/mol. The van der Waals surface area contributed by atoms with Gasteiger partial charge in [-0.2, -0.15) is 8.42 Å². The number of nitrogens with two attached hydrogens (primary N) is 1. The second-order valence-electron chi connectivity index (χ2n) is 11.0. The lowest BCUT2D eigenvalue weighted by atomic mass is 9.89. The molecule has 2 aromatic carbocycles. The number of carbonyl (C=O) groups is 1. The van der Waals surface area contributed by atoms with Crippen LogP contribution in [0.3, 0.4) is 0 Å². The van der Waals surface area contributed by atoms with Crippen molar-refractivity contribution in [2.75, 3.05) is 23.8 Å². The molecule has 1 aliphatic rings. The number of nitrogen functional groups attached to an aromatic ring is 1. The Hall–Kier alpha value is -3.73. The molecular formula is C29H34F2N4O4S. The van der Waals surface area contributed by atoms with Crippen molar-refractivity contribution in [2.45, 2.75) is 51.6 Å². The molecule has 0 radical (unpaired) electrons. The van der Waals surface area contributed by atoms with E-state index in [1.165, 1.54) is 42.5 Å². The minimum atomic E-state index is -4.41. The maximum Gasteiger partial charge on any atom is 0.281 e. The normalized spacial score (nSPS) is 16.8. The van der Waals surface area contributed by atoms with E-state index in [4.69, 9.17) is 10.5 Å². The van der Waals surface area contributed by atoms with Gasteiger partial charge in [-0.05, 0) is 68.0 Å². The summed E-state index contributed by atoms with van der Waals surface area (Å²) in [6.07, 6.45) is 0.733. The Bertz CT molecular complexity index is 1540. The third kappa shape index (κ3) is 5.89. The molecule has 1 atom stereocenters. The fourth-order valence-electron chi connectivity index (χ4n) is 4.74. The molecule has 11 heteroatoms. The molecule has 1 unspecified atom stereocenters. The predicted octanol–water partition coefficient (Wildman–Crippen LogP) is 5.39. The van der Waals surface area contributed by atoms with Crippen molar-refractivity contribution in [2.24, 2.45) is 11.8 Å². The van der Waals surface area contributed by atoms with Crippen LogP contribution in [-0.2, 0) is 10.0 Å². The SMILES string of the molecule is CC(C)COc1cc(F)cc(-c2ccc(C(=O)NS(=O)(=O)c3cccc(N)n3)c(N3CCC(C)C3(C)C)c2F)c1. The van der Waals surface area contributed by atoms with Crippen molar-refractivity contribution >= 4 is 27.4 Å². The number of nitrogens with zero attached hydrogens (tertiary/aromatic N) is 2. The zero-order valence-electron chi connectivity index (χ0n) is 23.2. The first-order chi connectivity index (χ1) is 18.7. The topological polar surface area (TPSA) is 115 Å². The number of carbonyl (C=O) groups excluding carboxylic acids is 1. The Labute approximate surface area is 233 Å². The molecule has 1 fully saturated rings. The number of anilines is 2. The van der Waals surface area contributed by atoms with Crippen molar-refractivity contribution in [3.05, 3.63) is 65.7 Å². The van der Waals surface area contributed by atoms with Gasteiger partial charge in [0.1, 0.15) is 17.4 Å². The zero-order chi connectivity index (χ0) is 29.4. The van der Waals surface area contributed by atoms with Crippen LogP contribution in [0.25, 0.3) is 11.1 Å². The summed E-state index contributed by atoms with van der Waals surface area (Å²) in [7, 11) is -4.41. The average Bonchev–Trinajstić information content (AvgIpc) is 3.13. The van der Waals surface area contributed by atoms with Gasteiger partial charge in [-0.15, -0.1) is 0 Å². The van der Waals surface area contributed by atoms with Crippen LogP contribution >= 0.6 is 0 Å². The van der Waals surface area contributed by atoms with Crippen molar-refractivity contribution in [3.8, 4) is 16.9 Å². The molecule has 0 spiro atoms. The number of rotatable bonds is 8. The van der Waals surface area contributed by atoms with Crippen LogP contribution in [0.1, 0.15) is 51.4 Å². The third-order valence-electron chi connectivity index (χ3n) is 7.33. The summed E-state index contributed by atoms with van der Waals surface area (Å²) in [6, 6.07) is 10.7. The molecule has 3 N–H and O–H groups in total. The average molecular weight is 573 g/mol. The van der Waals surface area contributed by atoms with E-state index in [1.54, 1.807) is 11.0 Å². The number of hydrogen-bond acceptors (Lipinski definition) is 7. The van der Waals surface area contributed by atoms with Gasteiger partial charge in [0.05, 0.1) is 17.9 Å². The number of aromatic nitrogens is 1. The van der Waals surface area contributed by atoms with Gasteiger partial charge < -0.3 is 15.4 Å². The second kappa shape index (κ2) is 11.0. The lowest BCUT2D eigenvalue weighted by Crippen LogP contribution is -2.43. The number of hydrogen-bond donors (Lipinski definition) is 2. The Morgan fingerprint density at radius 1 is 1.20 bits per heavy atom. The van der Waals surface area contributed by atoms with Crippen molar-refractivity contribution in [1.82, 2.24) is 9.71 Å². The first-order valence-electron chi connectivity index (χ1n) is 13.0. The molecular weight excluding hydrogens is 538 g/mol. The molecule has 1 amide bonds. The maximum atomic E-state index is 16.5. The number of benzene rings is 2. The molecule has 1 aromatic heterocycles. The molecule has 40 heavy (non-hydrogen) atoms.